The summed E-state index contributed by atoms with van der Waals surface area (Å²) in [5.41, 5.74) is 1.46. The minimum atomic E-state index is -0.107. The largest absolute Gasteiger partial charge is 0.352 e. The van der Waals surface area contributed by atoms with Crippen molar-refractivity contribution in [2.75, 3.05) is 12.4 Å². The van der Waals surface area contributed by atoms with Gasteiger partial charge in [-0.1, -0.05) is 37.1 Å². The fourth-order valence-corrected chi connectivity index (χ4v) is 2.59. The number of alkyl halides is 1. The summed E-state index contributed by atoms with van der Waals surface area (Å²) in [7, 11) is 0. The molecule has 0 saturated carbocycles. The van der Waals surface area contributed by atoms with Crippen LogP contribution in [0.15, 0.2) is 18.2 Å². The van der Waals surface area contributed by atoms with Crippen LogP contribution in [0.3, 0.4) is 0 Å². The van der Waals surface area contributed by atoms with E-state index in [1.807, 2.05) is 19.1 Å². The van der Waals surface area contributed by atoms with Crippen molar-refractivity contribution in [3.8, 4) is 0 Å². The van der Waals surface area contributed by atoms with Gasteiger partial charge in [-0.15, -0.1) is 11.6 Å². The first-order valence-electron chi connectivity index (χ1n) is 6.69. The maximum atomic E-state index is 12.1. The van der Waals surface area contributed by atoms with Gasteiger partial charge in [0.05, 0.1) is 10.6 Å². The quantitative estimate of drug-likeness (QED) is 0.742. The summed E-state index contributed by atoms with van der Waals surface area (Å²) in [5.74, 6) is 0.963. The van der Waals surface area contributed by atoms with E-state index in [1.165, 1.54) is 0 Å². The van der Waals surface area contributed by atoms with Crippen molar-refractivity contribution in [1.82, 2.24) is 5.32 Å². The average molecular weight is 302 g/mol. The monoisotopic (exact) mass is 301 g/mol. The SMILES string of the molecule is CCCC(CCCl)CNC(=O)c1cccc(C)c1Cl. The summed E-state index contributed by atoms with van der Waals surface area (Å²) >= 11 is 11.9. The highest BCUT2D eigenvalue weighted by Gasteiger charge is 2.13. The Balaban J connectivity index is 2.61. The number of nitrogens with one attached hydrogen (secondary N) is 1. The highest BCUT2D eigenvalue weighted by atomic mass is 35.5. The Bertz CT molecular complexity index is 415. The van der Waals surface area contributed by atoms with Crippen molar-refractivity contribution in [1.29, 1.82) is 0 Å². The number of carbonyl (C=O) groups is 1. The molecule has 1 aromatic carbocycles. The molecule has 2 nitrogen and oxygen atoms in total. The van der Waals surface area contributed by atoms with Crippen LogP contribution in [0, 0.1) is 12.8 Å². The molecule has 0 fully saturated rings. The summed E-state index contributed by atoms with van der Waals surface area (Å²) in [6, 6.07) is 5.49. The van der Waals surface area contributed by atoms with E-state index in [9.17, 15) is 4.79 Å². The third-order valence-corrected chi connectivity index (χ3v) is 3.92. The molecule has 19 heavy (non-hydrogen) atoms. The lowest BCUT2D eigenvalue weighted by atomic mass is 10.0. The zero-order valence-electron chi connectivity index (χ0n) is 11.5. The van der Waals surface area contributed by atoms with Crippen LogP contribution < -0.4 is 5.32 Å². The normalized spacial score (nSPS) is 12.2. The summed E-state index contributed by atoms with van der Waals surface area (Å²) in [6.07, 6.45) is 3.11. The fourth-order valence-electron chi connectivity index (χ4n) is 2.07. The smallest absolute Gasteiger partial charge is 0.252 e. The molecular formula is C15H21Cl2NO. The van der Waals surface area contributed by atoms with Crippen molar-refractivity contribution in [3.63, 3.8) is 0 Å². The Hall–Kier alpha value is -0.730. The van der Waals surface area contributed by atoms with Crippen LogP contribution in [0.2, 0.25) is 5.02 Å². The van der Waals surface area contributed by atoms with Gasteiger partial charge in [-0.2, -0.15) is 0 Å². The lowest BCUT2D eigenvalue weighted by Gasteiger charge is -2.16. The standard InChI is InChI=1S/C15H21Cl2NO/c1-3-5-12(8-9-16)10-18-15(19)13-7-4-6-11(2)14(13)17/h4,6-7,12H,3,5,8-10H2,1-2H3,(H,18,19). The van der Waals surface area contributed by atoms with E-state index in [0.717, 1.165) is 24.8 Å². The molecule has 0 saturated heterocycles. The number of aryl methyl sites for hydroxylation is 1. The first-order chi connectivity index (χ1) is 9.10. The van der Waals surface area contributed by atoms with Gasteiger partial charge in [0.2, 0.25) is 0 Å². The van der Waals surface area contributed by atoms with E-state index < -0.39 is 0 Å². The molecular weight excluding hydrogens is 281 g/mol. The Morgan fingerprint density at radius 3 is 2.74 bits per heavy atom. The van der Waals surface area contributed by atoms with E-state index in [4.69, 9.17) is 23.2 Å². The molecule has 1 amide bonds. The molecule has 0 radical (unpaired) electrons. The van der Waals surface area contributed by atoms with E-state index in [2.05, 4.69) is 12.2 Å². The van der Waals surface area contributed by atoms with Gasteiger partial charge >= 0.3 is 0 Å². The maximum absolute atomic E-state index is 12.1. The van der Waals surface area contributed by atoms with E-state index >= 15 is 0 Å². The summed E-state index contributed by atoms with van der Waals surface area (Å²) < 4.78 is 0. The van der Waals surface area contributed by atoms with E-state index in [0.29, 0.717) is 28.9 Å². The lowest BCUT2D eigenvalue weighted by molar-refractivity contribution is 0.0946. The van der Waals surface area contributed by atoms with Crippen molar-refractivity contribution in [3.05, 3.63) is 34.3 Å². The van der Waals surface area contributed by atoms with Crippen molar-refractivity contribution in [2.45, 2.75) is 33.1 Å². The first kappa shape index (κ1) is 16.3. The van der Waals surface area contributed by atoms with Gasteiger partial charge in [-0.05, 0) is 37.3 Å². The molecule has 1 unspecified atom stereocenters. The molecule has 0 aromatic heterocycles. The summed E-state index contributed by atoms with van der Waals surface area (Å²) in [5, 5.41) is 3.49. The van der Waals surface area contributed by atoms with Crippen LogP contribution in [0.1, 0.15) is 42.1 Å². The zero-order chi connectivity index (χ0) is 14.3. The molecule has 0 aliphatic rings. The highest BCUT2D eigenvalue weighted by Crippen LogP contribution is 2.20. The molecule has 4 heteroatoms. The number of carbonyl (C=O) groups excluding carboxylic acids is 1. The molecule has 1 rings (SSSR count). The Morgan fingerprint density at radius 2 is 2.11 bits per heavy atom. The van der Waals surface area contributed by atoms with Crippen LogP contribution in [-0.2, 0) is 0 Å². The second-order valence-corrected chi connectivity index (χ2v) is 5.53. The molecule has 1 aromatic rings. The second kappa shape index (κ2) is 8.44. The minimum Gasteiger partial charge on any atom is -0.352 e. The van der Waals surface area contributed by atoms with Gasteiger partial charge in [0.15, 0.2) is 0 Å². The second-order valence-electron chi connectivity index (χ2n) is 4.78. The molecule has 1 atom stereocenters. The van der Waals surface area contributed by atoms with Crippen LogP contribution in [0.25, 0.3) is 0 Å². The number of hydrogen-bond donors (Lipinski definition) is 1. The first-order valence-corrected chi connectivity index (χ1v) is 7.60. The summed E-state index contributed by atoms with van der Waals surface area (Å²) in [4.78, 5) is 12.1. The van der Waals surface area contributed by atoms with E-state index in [-0.39, 0.29) is 5.91 Å². The molecule has 0 bridgehead atoms. The highest BCUT2D eigenvalue weighted by molar-refractivity contribution is 6.34. The van der Waals surface area contributed by atoms with Crippen LogP contribution in [0.4, 0.5) is 0 Å². The fraction of sp³-hybridized carbons (Fsp3) is 0.533. The Morgan fingerprint density at radius 1 is 1.37 bits per heavy atom. The number of benzene rings is 1. The average Bonchev–Trinajstić information content (AvgIpc) is 2.39. The number of rotatable bonds is 7. The minimum absolute atomic E-state index is 0.107. The van der Waals surface area contributed by atoms with Gasteiger partial charge in [0.1, 0.15) is 0 Å². The van der Waals surface area contributed by atoms with Gasteiger partial charge < -0.3 is 5.32 Å². The molecule has 1 N–H and O–H groups in total. The predicted octanol–water partition coefficient (Wildman–Crippen LogP) is 4.42. The van der Waals surface area contributed by atoms with Crippen LogP contribution in [0.5, 0.6) is 0 Å². The molecule has 0 heterocycles. The van der Waals surface area contributed by atoms with Crippen molar-refractivity contribution >= 4 is 29.1 Å². The van der Waals surface area contributed by atoms with Crippen molar-refractivity contribution < 1.29 is 4.79 Å². The molecule has 106 valence electrons. The zero-order valence-corrected chi connectivity index (χ0v) is 13.0. The van der Waals surface area contributed by atoms with Crippen molar-refractivity contribution in [2.24, 2.45) is 5.92 Å². The van der Waals surface area contributed by atoms with Gasteiger partial charge in [-0.25, -0.2) is 0 Å². The molecule has 0 aliphatic heterocycles. The molecule has 0 spiro atoms. The van der Waals surface area contributed by atoms with Gasteiger partial charge in [-0.3, -0.25) is 4.79 Å². The van der Waals surface area contributed by atoms with Gasteiger partial charge in [0, 0.05) is 12.4 Å². The number of amides is 1. The molecule has 0 aliphatic carbocycles. The van der Waals surface area contributed by atoms with Crippen LogP contribution >= 0.6 is 23.2 Å². The van der Waals surface area contributed by atoms with Gasteiger partial charge in [0.25, 0.3) is 5.91 Å². The third kappa shape index (κ3) is 5.04. The Labute approximate surface area is 125 Å². The third-order valence-electron chi connectivity index (χ3n) is 3.20. The topological polar surface area (TPSA) is 29.1 Å². The van der Waals surface area contributed by atoms with Crippen LogP contribution in [-0.4, -0.2) is 18.3 Å². The number of halogens is 2. The summed E-state index contributed by atoms with van der Waals surface area (Å²) in [6.45, 7) is 4.69. The maximum Gasteiger partial charge on any atom is 0.252 e. The number of hydrogen-bond acceptors (Lipinski definition) is 1. The van der Waals surface area contributed by atoms with E-state index in [1.54, 1.807) is 6.07 Å². The Kier molecular flexibility index (Phi) is 7.25. The lowest BCUT2D eigenvalue weighted by Crippen LogP contribution is -2.29. The predicted molar refractivity (Wildman–Crippen MR) is 82.3 cm³/mol.